The van der Waals surface area contributed by atoms with E-state index in [4.69, 9.17) is 0 Å². The largest absolute Gasteiger partial charge is 0.0722 e. The topological polar surface area (TPSA) is 0 Å². The second-order valence-corrected chi connectivity index (χ2v) is 25.5. The Balaban J connectivity index is 1.46. The second-order valence-electron chi connectivity index (χ2n) is 20.7. The molecule has 1 heteroatoms. The summed E-state index contributed by atoms with van der Waals surface area (Å²) in [5.41, 5.74) is 21.4. The molecule has 0 saturated carbocycles. The summed E-state index contributed by atoms with van der Waals surface area (Å²) >= 11 is 0. The van der Waals surface area contributed by atoms with E-state index in [1.54, 1.807) is 0 Å². The maximum Gasteiger partial charge on any atom is 0.0722 e. The average Bonchev–Trinajstić information content (AvgIpc) is 3.54. The predicted molar refractivity (Wildman–Crippen MR) is 229 cm³/mol. The number of fused-ring (bicyclic) bond motifs is 2. The van der Waals surface area contributed by atoms with Crippen LogP contribution < -0.4 is 0 Å². The van der Waals surface area contributed by atoms with Crippen molar-refractivity contribution in [2.24, 2.45) is 0 Å². The van der Waals surface area contributed by atoms with E-state index in [0.29, 0.717) is 11.1 Å². The lowest BCUT2D eigenvalue weighted by atomic mass is 9.78. The highest BCUT2D eigenvalue weighted by molar-refractivity contribution is 6.81. The van der Waals surface area contributed by atoms with Crippen LogP contribution in [0.5, 0.6) is 0 Å². The van der Waals surface area contributed by atoms with Gasteiger partial charge in [0.25, 0.3) is 0 Å². The molecular weight excluding hydrogens is 629 g/mol. The molecule has 0 fully saturated rings. The first-order valence-electron chi connectivity index (χ1n) is 19.3. The summed E-state index contributed by atoms with van der Waals surface area (Å²) in [5.74, 6) is 0. The van der Waals surface area contributed by atoms with Gasteiger partial charge in [-0.25, -0.2) is 0 Å². The highest BCUT2D eigenvalue weighted by atomic mass is 28.3. The van der Waals surface area contributed by atoms with E-state index in [9.17, 15) is 0 Å². The van der Waals surface area contributed by atoms with Crippen molar-refractivity contribution in [3.8, 4) is 22.3 Å². The zero-order chi connectivity index (χ0) is 37.6. The van der Waals surface area contributed by atoms with E-state index in [0.717, 1.165) is 0 Å². The van der Waals surface area contributed by atoms with Crippen LogP contribution in [0, 0.1) is 0 Å². The van der Waals surface area contributed by atoms with Gasteiger partial charge in [-0.1, -0.05) is 192 Å². The number of benzene rings is 4. The van der Waals surface area contributed by atoms with Crippen molar-refractivity contribution in [3.63, 3.8) is 0 Å². The third-order valence-electron chi connectivity index (χ3n) is 12.0. The molecular formula is C50H64Si. The van der Waals surface area contributed by atoms with Crippen LogP contribution in [0.2, 0.25) is 13.1 Å². The minimum absolute atomic E-state index is 0.0815. The summed E-state index contributed by atoms with van der Waals surface area (Å²) < 4.78 is 0. The molecule has 0 aromatic heterocycles. The lowest BCUT2D eigenvalue weighted by molar-refractivity contribution is 0.568. The van der Waals surface area contributed by atoms with Crippen molar-refractivity contribution in [2.45, 2.75) is 143 Å². The van der Waals surface area contributed by atoms with Gasteiger partial charge in [0.15, 0.2) is 0 Å². The molecule has 2 aliphatic rings. The molecule has 0 N–H and O–H groups in total. The fraction of sp³-hybridized carbons (Fsp3) is 0.440. The maximum absolute atomic E-state index is 2.66. The fourth-order valence-corrected chi connectivity index (χ4v) is 14.0. The van der Waals surface area contributed by atoms with Crippen molar-refractivity contribution in [1.29, 1.82) is 0 Å². The molecule has 0 heterocycles. The first-order valence-corrected chi connectivity index (χ1v) is 22.5. The Bertz CT molecular complexity index is 1850. The van der Waals surface area contributed by atoms with Gasteiger partial charge in [-0.05, 0) is 102 Å². The van der Waals surface area contributed by atoms with Crippen LogP contribution in [0.4, 0.5) is 0 Å². The summed E-state index contributed by atoms with van der Waals surface area (Å²) in [6.45, 7) is 38.2. The van der Waals surface area contributed by atoms with Gasteiger partial charge in [0.2, 0.25) is 0 Å². The Kier molecular flexibility index (Phi) is 9.03. The van der Waals surface area contributed by atoms with Crippen molar-refractivity contribution in [3.05, 3.63) is 128 Å². The van der Waals surface area contributed by atoms with Gasteiger partial charge >= 0.3 is 0 Å². The summed E-state index contributed by atoms with van der Waals surface area (Å²) in [5, 5.41) is 0. The van der Waals surface area contributed by atoms with Gasteiger partial charge in [-0.15, -0.1) is 0 Å². The van der Waals surface area contributed by atoms with Gasteiger partial charge in [-0.2, -0.15) is 0 Å². The van der Waals surface area contributed by atoms with E-state index >= 15 is 0 Å². The van der Waals surface area contributed by atoms with Crippen LogP contribution in [0.1, 0.15) is 153 Å². The first kappa shape index (κ1) is 37.3. The second kappa shape index (κ2) is 12.3. The van der Waals surface area contributed by atoms with Gasteiger partial charge in [0, 0.05) is 11.1 Å². The summed E-state index contributed by atoms with van der Waals surface area (Å²) in [6.07, 6.45) is 5.09. The SMILES string of the molecule is CC1=Cc2c(-c3cc(C(C)(C)C)cc(C(C)(C)C)c3)cccc2C1[Si](C)(C)C1C(C)=Cc2c(-c3cc(C(C)(C)C)cc(C(C)(C)C)c3)cccc21. The molecule has 268 valence electrons. The average molecular weight is 693 g/mol. The van der Waals surface area contributed by atoms with Gasteiger partial charge in [0.05, 0.1) is 8.07 Å². The van der Waals surface area contributed by atoms with Crippen LogP contribution in [-0.2, 0) is 21.7 Å². The first-order chi connectivity index (χ1) is 23.4. The molecule has 0 spiro atoms. The van der Waals surface area contributed by atoms with E-state index in [1.807, 2.05) is 0 Å². The molecule has 0 amide bonds. The highest BCUT2D eigenvalue weighted by Crippen LogP contribution is 2.54. The van der Waals surface area contributed by atoms with Crippen LogP contribution in [0.15, 0.2) is 83.9 Å². The van der Waals surface area contributed by atoms with Gasteiger partial charge in [0.1, 0.15) is 0 Å². The van der Waals surface area contributed by atoms with E-state index in [2.05, 4.69) is 195 Å². The van der Waals surface area contributed by atoms with Gasteiger partial charge in [-0.3, -0.25) is 0 Å². The van der Waals surface area contributed by atoms with Crippen LogP contribution in [0.25, 0.3) is 34.4 Å². The Labute approximate surface area is 312 Å². The number of allylic oxidation sites excluding steroid dienone is 2. The Morgan fingerprint density at radius 2 is 0.725 bits per heavy atom. The third kappa shape index (κ3) is 6.81. The van der Waals surface area contributed by atoms with E-state index in [1.165, 1.54) is 77.9 Å². The lowest BCUT2D eigenvalue weighted by Crippen LogP contribution is -2.42. The van der Waals surface area contributed by atoms with Gasteiger partial charge < -0.3 is 0 Å². The third-order valence-corrected chi connectivity index (χ3v) is 16.5. The molecule has 0 nitrogen and oxygen atoms in total. The normalized spacial score (nSPS) is 18.0. The molecule has 51 heavy (non-hydrogen) atoms. The van der Waals surface area contributed by atoms with Crippen LogP contribution >= 0.6 is 0 Å². The number of hydrogen-bond acceptors (Lipinski definition) is 0. The van der Waals surface area contributed by atoms with E-state index in [-0.39, 0.29) is 21.7 Å². The molecule has 2 unspecified atom stereocenters. The van der Waals surface area contributed by atoms with Crippen LogP contribution in [0.3, 0.4) is 0 Å². The molecule has 0 aliphatic heterocycles. The Morgan fingerprint density at radius 3 is 1.00 bits per heavy atom. The molecule has 0 radical (unpaired) electrons. The summed E-state index contributed by atoms with van der Waals surface area (Å²) in [6, 6.07) is 29.0. The van der Waals surface area contributed by atoms with Crippen molar-refractivity contribution >= 4 is 20.2 Å². The minimum atomic E-state index is -2.01. The monoisotopic (exact) mass is 692 g/mol. The standard InChI is InChI=1S/C50H64Si/c1-31-23-43-39(33-25-35(47(3,4)5)29-36(26-33)48(6,7)8)19-17-21-41(43)45(31)51(15,16)46-32(2)24-44-40(20-18-22-42(44)46)34-27-37(49(9,10)11)30-38(28-34)50(12,13)14/h17-30,45-46H,1-16H3. The molecule has 2 atom stereocenters. The van der Waals surface area contributed by atoms with Crippen molar-refractivity contribution in [2.75, 3.05) is 0 Å². The Hall–Kier alpha value is -3.42. The quantitative estimate of drug-likeness (QED) is 0.187. The zero-order valence-corrected chi connectivity index (χ0v) is 35.7. The highest BCUT2D eigenvalue weighted by Gasteiger charge is 2.47. The minimum Gasteiger partial charge on any atom is -0.0679 e. The van der Waals surface area contributed by atoms with Crippen molar-refractivity contribution < 1.29 is 0 Å². The predicted octanol–water partition coefficient (Wildman–Crippen LogP) is 14.7. The molecule has 2 aliphatic carbocycles. The number of hydrogen-bond donors (Lipinski definition) is 0. The zero-order valence-electron chi connectivity index (χ0n) is 34.7. The molecule has 4 aromatic carbocycles. The maximum atomic E-state index is 2.66. The summed E-state index contributed by atoms with van der Waals surface area (Å²) in [4.78, 5) is 0. The van der Waals surface area contributed by atoms with Crippen molar-refractivity contribution in [1.82, 2.24) is 0 Å². The Morgan fingerprint density at radius 1 is 0.431 bits per heavy atom. The molecule has 4 aromatic rings. The smallest absolute Gasteiger partial charge is 0.0679 e. The molecule has 0 saturated heterocycles. The molecule has 6 rings (SSSR count). The molecule has 0 bridgehead atoms. The number of rotatable bonds is 4. The van der Waals surface area contributed by atoms with E-state index < -0.39 is 8.07 Å². The summed E-state index contributed by atoms with van der Waals surface area (Å²) in [7, 11) is -2.01. The lowest BCUT2D eigenvalue weighted by Gasteiger charge is -2.39. The fourth-order valence-electron chi connectivity index (χ4n) is 9.05. The van der Waals surface area contributed by atoms with Crippen LogP contribution in [-0.4, -0.2) is 8.07 Å².